The summed E-state index contributed by atoms with van der Waals surface area (Å²) in [6.07, 6.45) is 0. The molecule has 2 aromatic rings. The normalized spacial score (nSPS) is 11.0. The van der Waals surface area contributed by atoms with E-state index in [1.807, 2.05) is 19.9 Å². The van der Waals surface area contributed by atoms with Gasteiger partial charge < -0.3 is 10.2 Å². The van der Waals surface area contributed by atoms with Crippen molar-refractivity contribution in [3.05, 3.63) is 59.7 Å². The summed E-state index contributed by atoms with van der Waals surface area (Å²) in [5.41, 5.74) is 2.13. The lowest BCUT2D eigenvalue weighted by Crippen LogP contribution is -2.24. The standard InChI is InChI=1S/C17H20F2N2/c1-12(2)20-11-13-5-4-6-16(19)17(13)21(3)15-9-7-14(18)8-10-15/h4-10,12,20H,11H2,1-3H3. The Bertz CT molecular complexity index is 594. The van der Waals surface area contributed by atoms with Crippen LogP contribution in [0.4, 0.5) is 20.2 Å². The summed E-state index contributed by atoms with van der Waals surface area (Å²) in [4.78, 5) is 1.74. The quantitative estimate of drug-likeness (QED) is 0.886. The zero-order valence-electron chi connectivity index (χ0n) is 12.5. The first-order chi connectivity index (χ1) is 9.99. The first-order valence-corrected chi connectivity index (χ1v) is 6.99. The Labute approximate surface area is 124 Å². The van der Waals surface area contributed by atoms with Gasteiger partial charge in [-0.05, 0) is 35.9 Å². The van der Waals surface area contributed by atoms with Gasteiger partial charge in [0.1, 0.15) is 11.6 Å². The highest BCUT2D eigenvalue weighted by Crippen LogP contribution is 2.30. The molecule has 0 aromatic heterocycles. The number of anilines is 2. The van der Waals surface area contributed by atoms with E-state index in [-0.39, 0.29) is 11.6 Å². The second kappa shape index (κ2) is 6.68. The Hall–Kier alpha value is -1.94. The maximum atomic E-state index is 14.2. The summed E-state index contributed by atoms with van der Waals surface area (Å²) in [5.74, 6) is -0.590. The topological polar surface area (TPSA) is 15.3 Å². The molecule has 0 aliphatic rings. The molecule has 0 saturated carbocycles. The molecule has 2 aromatic carbocycles. The SMILES string of the molecule is CC(C)NCc1cccc(F)c1N(C)c1ccc(F)cc1. The monoisotopic (exact) mass is 290 g/mol. The van der Waals surface area contributed by atoms with Gasteiger partial charge in [0.2, 0.25) is 0 Å². The van der Waals surface area contributed by atoms with Crippen molar-refractivity contribution in [1.82, 2.24) is 5.32 Å². The van der Waals surface area contributed by atoms with Crippen LogP contribution >= 0.6 is 0 Å². The molecule has 112 valence electrons. The van der Waals surface area contributed by atoms with E-state index in [0.717, 1.165) is 11.3 Å². The van der Waals surface area contributed by atoms with Crippen LogP contribution in [0.1, 0.15) is 19.4 Å². The number of para-hydroxylation sites is 1. The molecule has 0 atom stereocenters. The van der Waals surface area contributed by atoms with Crippen molar-refractivity contribution >= 4 is 11.4 Å². The number of nitrogens with one attached hydrogen (secondary N) is 1. The predicted octanol–water partition coefficient (Wildman–Crippen LogP) is 4.23. The third-order valence-corrected chi connectivity index (χ3v) is 3.32. The number of hydrogen-bond donors (Lipinski definition) is 1. The van der Waals surface area contributed by atoms with Crippen molar-refractivity contribution in [3.8, 4) is 0 Å². The van der Waals surface area contributed by atoms with Gasteiger partial charge in [0.15, 0.2) is 0 Å². The van der Waals surface area contributed by atoms with E-state index in [1.54, 1.807) is 30.1 Å². The molecule has 0 amide bonds. The van der Waals surface area contributed by atoms with Crippen LogP contribution in [0.15, 0.2) is 42.5 Å². The van der Waals surface area contributed by atoms with Gasteiger partial charge in [0, 0.05) is 25.3 Å². The zero-order chi connectivity index (χ0) is 15.4. The molecule has 0 saturated heterocycles. The maximum Gasteiger partial charge on any atom is 0.147 e. The zero-order valence-corrected chi connectivity index (χ0v) is 12.5. The van der Waals surface area contributed by atoms with Gasteiger partial charge in [-0.1, -0.05) is 26.0 Å². The van der Waals surface area contributed by atoms with E-state index >= 15 is 0 Å². The third-order valence-electron chi connectivity index (χ3n) is 3.32. The van der Waals surface area contributed by atoms with Crippen molar-refractivity contribution in [2.75, 3.05) is 11.9 Å². The lowest BCUT2D eigenvalue weighted by Gasteiger charge is -2.24. The van der Waals surface area contributed by atoms with E-state index in [4.69, 9.17) is 0 Å². The van der Waals surface area contributed by atoms with Crippen LogP contribution < -0.4 is 10.2 Å². The largest absolute Gasteiger partial charge is 0.342 e. The molecule has 0 heterocycles. The first kappa shape index (κ1) is 15.4. The number of halogens is 2. The van der Waals surface area contributed by atoms with Crippen LogP contribution in [0.2, 0.25) is 0 Å². The highest BCUT2D eigenvalue weighted by Gasteiger charge is 2.14. The van der Waals surface area contributed by atoms with Crippen molar-refractivity contribution in [2.45, 2.75) is 26.4 Å². The number of benzene rings is 2. The summed E-state index contributed by atoms with van der Waals surface area (Å²) in [5, 5.41) is 3.29. The Kier molecular flexibility index (Phi) is 4.91. The molecule has 0 spiro atoms. The summed E-state index contributed by atoms with van der Waals surface area (Å²) >= 11 is 0. The minimum absolute atomic E-state index is 0.287. The lowest BCUT2D eigenvalue weighted by molar-refractivity contribution is 0.581. The highest BCUT2D eigenvalue weighted by atomic mass is 19.1. The lowest BCUT2D eigenvalue weighted by atomic mass is 10.1. The fraction of sp³-hybridized carbons (Fsp3) is 0.294. The Morgan fingerprint density at radius 3 is 2.33 bits per heavy atom. The predicted molar refractivity (Wildman–Crippen MR) is 82.8 cm³/mol. The first-order valence-electron chi connectivity index (χ1n) is 6.99. The molecule has 0 unspecified atom stereocenters. The third kappa shape index (κ3) is 3.79. The van der Waals surface area contributed by atoms with Crippen LogP contribution in [-0.2, 0) is 6.54 Å². The Morgan fingerprint density at radius 2 is 1.71 bits per heavy atom. The van der Waals surface area contributed by atoms with E-state index < -0.39 is 0 Å². The van der Waals surface area contributed by atoms with Crippen molar-refractivity contribution in [3.63, 3.8) is 0 Å². The smallest absolute Gasteiger partial charge is 0.147 e. The molecule has 0 aliphatic carbocycles. The van der Waals surface area contributed by atoms with Gasteiger partial charge in [0.05, 0.1) is 5.69 Å². The number of hydrogen-bond acceptors (Lipinski definition) is 2. The molecule has 0 fully saturated rings. The molecule has 0 bridgehead atoms. The van der Waals surface area contributed by atoms with Gasteiger partial charge >= 0.3 is 0 Å². The highest BCUT2D eigenvalue weighted by molar-refractivity contribution is 5.66. The van der Waals surface area contributed by atoms with Crippen LogP contribution in [-0.4, -0.2) is 13.1 Å². The van der Waals surface area contributed by atoms with E-state index in [1.165, 1.54) is 18.2 Å². The average molecular weight is 290 g/mol. The van der Waals surface area contributed by atoms with Gasteiger partial charge in [0.25, 0.3) is 0 Å². The minimum atomic E-state index is -0.303. The van der Waals surface area contributed by atoms with Gasteiger partial charge in [-0.15, -0.1) is 0 Å². The number of rotatable bonds is 5. The Balaban J connectivity index is 2.34. The molecule has 4 heteroatoms. The van der Waals surface area contributed by atoms with Crippen LogP contribution in [0, 0.1) is 11.6 Å². The van der Waals surface area contributed by atoms with Crippen molar-refractivity contribution < 1.29 is 8.78 Å². The average Bonchev–Trinajstić information content (AvgIpc) is 2.45. The summed E-state index contributed by atoms with van der Waals surface area (Å²) in [6, 6.07) is 11.4. The maximum absolute atomic E-state index is 14.2. The molecule has 1 N–H and O–H groups in total. The molecular formula is C17H20F2N2. The fourth-order valence-corrected chi connectivity index (χ4v) is 2.19. The molecule has 21 heavy (non-hydrogen) atoms. The van der Waals surface area contributed by atoms with E-state index in [0.29, 0.717) is 18.3 Å². The molecule has 2 rings (SSSR count). The van der Waals surface area contributed by atoms with Gasteiger partial charge in [-0.25, -0.2) is 8.78 Å². The fourth-order valence-electron chi connectivity index (χ4n) is 2.19. The Morgan fingerprint density at radius 1 is 1.05 bits per heavy atom. The minimum Gasteiger partial charge on any atom is -0.342 e. The molecule has 0 radical (unpaired) electrons. The van der Waals surface area contributed by atoms with Crippen LogP contribution in [0.5, 0.6) is 0 Å². The van der Waals surface area contributed by atoms with Crippen molar-refractivity contribution in [1.29, 1.82) is 0 Å². The van der Waals surface area contributed by atoms with E-state index in [2.05, 4.69) is 5.32 Å². The van der Waals surface area contributed by atoms with Gasteiger partial charge in [-0.2, -0.15) is 0 Å². The van der Waals surface area contributed by atoms with E-state index in [9.17, 15) is 8.78 Å². The second-order valence-electron chi connectivity index (χ2n) is 5.32. The van der Waals surface area contributed by atoms with Crippen LogP contribution in [0.25, 0.3) is 0 Å². The number of nitrogens with zero attached hydrogens (tertiary/aromatic N) is 1. The second-order valence-corrected chi connectivity index (χ2v) is 5.32. The molecular weight excluding hydrogens is 270 g/mol. The van der Waals surface area contributed by atoms with Gasteiger partial charge in [-0.3, -0.25) is 0 Å². The molecule has 0 aliphatic heterocycles. The summed E-state index contributed by atoms with van der Waals surface area (Å²) in [6.45, 7) is 4.67. The summed E-state index contributed by atoms with van der Waals surface area (Å²) in [7, 11) is 1.78. The summed E-state index contributed by atoms with van der Waals surface area (Å²) < 4.78 is 27.3. The van der Waals surface area contributed by atoms with Crippen molar-refractivity contribution in [2.24, 2.45) is 0 Å². The molecule has 2 nitrogen and oxygen atoms in total. The van der Waals surface area contributed by atoms with Crippen LogP contribution in [0.3, 0.4) is 0 Å².